The van der Waals surface area contributed by atoms with Crippen molar-refractivity contribution in [1.29, 1.82) is 0 Å². The van der Waals surface area contributed by atoms with Crippen LogP contribution in [0, 0.1) is 0 Å². The number of nitrogens with zero attached hydrogens (tertiary/aromatic N) is 2. The molecule has 0 radical (unpaired) electrons. The molecule has 30 heavy (non-hydrogen) atoms. The minimum Gasteiger partial charge on any atom is -0.487 e. The van der Waals surface area contributed by atoms with Gasteiger partial charge in [-0.05, 0) is 30.5 Å². The van der Waals surface area contributed by atoms with Crippen molar-refractivity contribution in [1.82, 2.24) is 15.1 Å². The SMILES string of the molecule is O=C(Cn1ncc(OCc2ccccc2)cc1=O)c1ccc(C2CCCCN2)cc1. The van der Waals surface area contributed by atoms with Gasteiger partial charge in [0.2, 0.25) is 0 Å². The highest BCUT2D eigenvalue weighted by atomic mass is 16.5. The maximum Gasteiger partial charge on any atom is 0.270 e. The minimum absolute atomic E-state index is 0.0984. The summed E-state index contributed by atoms with van der Waals surface area (Å²) < 4.78 is 6.78. The number of ether oxygens (including phenoxy) is 1. The molecule has 1 aliphatic heterocycles. The number of Topliss-reactive ketones (excluding diaryl/α,β-unsaturated/α-hetero) is 1. The first kappa shape index (κ1) is 20.0. The number of carbonyl (C=O) groups excluding carboxylic acids is 1. The van der Waals surface area contributed by atoms with Gasteiger partial charge in [0.15, 0.2) is 5.78 Å². The summed E-state index contributed by atoms with van der Waals surface area (Å²) in [6, 6.07) is 19.1. The van der Waals surface area contributed by atoms with Crippen molar-refractivity contribution in [3.8, 4) is 5.75 Å². The minimum atomic E-state index is -0.364. The fraction of sp³-hybridized carbons (Fsp3) is 0.292. The molecule has 6 heteroatoms. The smallest absolute Gasteiger partial charge is 0.270 e. The molecule has 1 N–H and O–H groups in total. The van der Waals surface area contributed by atoms with E-state index in [1.54, 1.807) is 0 Å². The molecule has 2 heterocycles. The second-order valence-electron chi connectivity index (χ2n) is 7.51. The second-order valence-corrected chi connectivity index (χ2v) is 7.51. The molecule has 1 aromatic heterocycles. The Morgan fingerprint density at radius 1 is 1.10 bits per heavy atom. The van der Waals surface area contributed by atoms with E-state index >= 15 is 0 Å². The highest BCUT2D eigenvalue weighted by Crippen LogP contribution is 2.23. The van der Waals surface area contributed by atoms with Crippen LogP contribution in [-0.4, -0.2) is 22.1 Å². The van der Waals surface area contributed by atoms with E-state index < -0.39 is 0 Å². The molecule has 4 rings (SSSR count). The van der Waals surface area contributed by atoms with E-state index in [1.807, 2.05) is 54.6 Å². The molecule has 2 aromatic carbocycles. The summed E-state index contributed by atoms with van der Waals surface area (Å²) in [4.78, 5) is 24.9. The van der Waals surface area contributed by atoms with Crippen LogP contribution < -0.4 is 15.6 Å². The van der Waals surface area contributed by atoms with Crippen molar-refractivity contribution in [3.05, 3.63) is 93.9 Å². The zero-order valence-electron chi connectivity index (χ0n) is 16.8. The van der Waals surface area contributed by atoms with Crippen molar-refractivity contribution >= 4 is 5.78 Å². The fourth-order valence-corrected chi connectivity index (χ4v) is 3.62. The summed E-state index contributed by atoms with van der Waals surface area (Å²) in [6.45, 7) is 1.29. The largest absolute Gasteiger partial charge is 0.487 e. The van der Waals surface area contributed by atoms with E-state index in [4.69, 9.17) is 4.74 Å². The lowest BCUT2D eigenvalue weighted by atomic mass is 9.96. The number of aromatic nitrogens is 2. The maximum absolute atomic E-state index is 12.6. The fourth-order valence-electron chi connectivity index (χ4n) is 3.62. The third kappa shape index (κ3) is 5.02. The predicted molar refractivity (Wildman–Crippen MR) is 115 cm³/mol. The van der Waals surface area contributed by atoms with Crippen molar-refractivity contribution < 1.29 is 9.53 Å². The third-order valence-corrected chi connectivity index (χ3v) is 5.33. The van der Waals surface area contributed by atoms with E-state index in [1.165, 1.54) is 30.7 Å². The van der Waals surface area contributed by atoms with Crippen LogP contribution in [0.25, 0.3) is 0 Å². The van der Waals surface area contributed by atoms with Crippen molar-refractivity contribution in [2.45, 2.75) is 38.5 Å². The molecular formula is C24H25N3O3. The molecule has 1 unspecified atom stereocenters. The van der Waals surface area contributed by atoms with Gasteiger partial charge in [-0.3, -0.25) is 9.59 Å². The average molecular weight is 403 g/mol. The van der Waals surface area contributed by atoms with Crippen molar-refractivity contribution in [2.24, 2.45) is 0 Å². The maximum atomic E-state index is 12.6. The number of rotatable bonds is 7. The van der Waals surface area contributed by atoms with Crippen molar-refractivity contribution in [3.63, 3.8) is 0 Å². The van der Waals surface area contributed by atoms with Crippen LogP contribution in [0.4, 0.5) is 0 Å². The Morgan fingerprint density at radius 3 is 2.60 bits per heavy atom. The van der Waals surface area contributed by atoms with Gasteiger partial charge in [-0.2, -0.15) is 5.10 Å². The number of carbonyl (C=O) groups is 1. The van der Waals surface area contributed by atoms with Gasteiger partial charge < -0.3 is 10.1 Å². The van der Waals surface area contributed by atoms with E-state index in [2.05, 4.69) is 10.4 Å². The number of nitrogens with one attached hydrogen (secondary N) is 1. The lowest BCUT2D eigenvalue weighted by Gasteiger charge is -2.23. The molecule has 1 atom stereocenters. The number of benzene rings is 2. The van der Waals surface area contributed by atoms with Crippen LogP contribution in [0.1, 0.15) is 46.8 Å². The van der Waals surface area contributed by atoms with Gasteiger partial charge in [0.25, 0.3) is 5.56 Å². The molecule has 1 saturated heterocycles. The number of ketones is 1. The Bertz CT molecular complexity index is 1040. The van der Waals surface area contributed by atoms with Crippen LogP contribution in [0.2, 0.25) is 0 Å². The van der Waals surface area contributed by atoms with Crippen LogP contribution in [0.5, 0.6) is 5.75 Å². The van der Waals surface area contributed by atoms with Gasteiger partial charge in [-0.15, -0.1) is 0 Å². The Balaban J connectivity index is 1.37. The molecule has 0 amide bonds. The van der Waals surface area contributed by atoms with Crippen molar-refractivity contribution in [2.75, 3.05) is 6.54 Å². The van der Waals surface area contributed by atoms with Gasteiger partial charge >= 0.3 is 0 Å². The number of piperidine rings is 1. The summed E-state index contributed by atoms with van der Waals surface area (Å²) in [6.07, 6.45) is 5.02. The molecule has 154 valence electrons. The summed E-state index contributed by atoms with van der Waals surface area (Å²) in [5.41, 5.74) is 2.41. The summed E-state index contributed by atoms with van der Waals surface area (Å²) in [7, 11) is 0. The zero-order valence-corrected chi connectivity index (χ0v) is 16.8. The lowest BCUT2D eigenvalue weighted by molar-refractivity contribution is 0.0965. The summed E-state index contributed by atoms with van der Waals surface area (Å²) in [5, 5.41) is 7.60. The third-order valence-electron chi connectivity index (χ3n) is 5.33. The Hall–Kier alpha value is -3.25. The number of hydrogen-bond acceptors (Lipinski definition) is 5. The lowest BCUT2D eigenvalue weighted by Crippen LogP contribution is -2.27. The zero-order chi connectivity index (χ0) is 20.8. The average Bonchev–Trinajstić information content (AvgIpc) is 2.80. The molecule has 1 fully saturated rings. The Kier molecular flexibility index (Phi) is 6.35. The first-order chi connectivity index (χ1) is 14.7. The Labute approximate surface area is 175 Å². The van der Waals surface area contributed by atoms with Gasteiger partial charge in [-0.1, -0.05) is 61.0 Å². The van der Waals surface area contributed by atoms with Crippen LogP contribution in [0.3, 0.4) is 0 Å². The number of hydrogen-bond donors (Lipinski definition) is 1. The van der Waals surface area contributed by atoms with E-state index in [0.29, 0.717) is 24.0 Å². The predicted octanol–water partition coefficient (Wildman–Crippen LogP) is 3.52. The molecule has 6 nitrogen and oxygen atoms in total. The standard InChI is InChI=1S/C24H25N3O3/c28-23(20-11-9-19(10-12-20)22-8-4-5-13-25-22)16-27-24(29)14-21(15-26-27)30-17-18-6-2-1-3-7-18/h1-3,6-7,9-12,14-15,22,25H,4-5,8,13,16-17H2. The normalized spacial score (nSPS) is 16.2. The molecule has 3 aromatic rings. The van der Waals surface area contributed by atoms with Crippen LogP contribution in [-0.2, 0) is 13.2 Å². The first-order valence-electron chi connectivity index (χ1n) is 10.3. The molecule has 0 aliphatic carbocycles. The highest BCUT2D eigenvalue weighted by Gasteiger charge is 2.15. The molecule has 0 spiro atoms. The second kappa shape index (κ2) is 9.50. The van der Waals surface area contributed by atoms with E-state index in [9.17, 15) is 9.59 Å². The van der Waals surface area contributed by atoms with Crippen LogP contribution in [0.15, 0.2) is 71.7 Å². The molecule has 1 aliphatic rings. The van der Waals surface area contributed by atoms with Gasteiger partial charge in [0, 0.05) is 17.7 Å². The molecule has 0 saturated carbocycles. The highest BCUT2D eigenvalue weighted by molar-refractivity contribution is 5.95. The van der Waals surface area contributed by atoms with E-state index in [-0.39, 0.29) is 17.9 Å². The molecular weight excluding hydrogens is 378 g/mol. The first-order valence-corrected chi connectivity index (χ1v) is 10.3. The summed E-state index contributed by atoms with van der Waals surface area (Å²) >= 11 is 0. The quantitative estimate of drug-likeness (QED) is 0.611. The van der Waals surface area contributed by atoms with Crippen LogP contribution >= 0.6 is 0 Å². The van der Waals surface area contributed by atoms with Gasteiger partial charge in [-0.25, -0.2) is 4.68 Å². The monoisotopic (exact) mass is 403 g/mol. The molecule has 0 bridgehead atoms. The van der Waals surface area contributed by atoms with Gasteiger partial charge in [0.1, 0.15) is 18.9 Å². The summed E-state index contributed by atoms with van der Waals surface area (Å²) in [5.74, 6) is 0.239. The van der Waals surface area contributed by atoms with Gasteiger partial charge in [0.05, 0.1) is 6.20 Å². The topological polar surface area (TPSA) is 73.2 Å². The van der Waals surface area contributed by atoms with E-state index in [0.717, 1.165) is 23.2 Å². The Morgan fingerprint density at radius 2 is 1.90 bits per heavy atom.